The van der Waals surface area contributed by atoms with Crippen LogP contribution >= 0.6 is 0 Å². The first-order valence-corrected chi connectivity index (χ1v) is 11.9. The van der Waals surface area contributed by atoms with Gasteiger partial charge in [0.25, 0.3) is 0 Å². The number of sulfone groups is 1. The Labute approximate surface area is 189 Å². The fourth-order valence-corrected chi connectivity index (χ4v) is 4.28. The maximum atomic E-state index is 12.5. The number of hydrogen-bond acceptors (Lipinski definition) is 5. The van der Waals surface area contributed by atoms with E-state index < -0.39 is 15.8 Å². The Balaban J connectivity index is 1.84. The quantitative estimate of drug-likeness (QED) is 0.350. The molecule has 5 nitrogen and oxygen atoms in total. The molecule has 0 amide bonds. The van der Waals surface area contributed by atoms with Crippen LogP contribution in [0.2, 0.25) is 0 Å². The highest BCUT2D eigenvalue weighted by Crippen LogP contribution is 2.18. The summed E-state index contributed by atoms with van der Waals surface area (Å²) in [6.45, 7) is 2.07. The van der Waals surface area contributed by atoms with Crippen LogP contribution in [-0.2, 0) is 25.8 Å². The number of hydrogen-bond donors (Lipinski definition) is 0. The number of ether oxygens (including phenoxy) is 1. The van der Waals surface area contributed by atoms with E-state index in [4.69, 9.17) is 4.74 Å². The summed E-state index contributed by atoms with van der Waals surface area (Å²) in [4.78, 5) is 16.2. The standard InChI is InChI=1S/C26H25NO4S/c1-2-31-26(28)13-12-22-16-21(17-24(18-22)19-23-8-6-14-27-20-23)9-7-15-32(29,30)25-10-4-3-5-11-25/h3-14,16-18,20H,2,15,19H2,1H3/b9-7+,13-12+. The zero-order valence-corrected chi connectivity index (χ0v) is 18.7. The van der Waals surface area contributed by atoms with Gasteiger partial charge in [-0.25, -0.2) is 13.2 Å². The summed E-state index contributed by atoms with van der Waals surface area (Å²) in [5.41, 5.74) is 3.75. The number of esters is 1. The van der Waals surface area contributed by atoms with Crippen molar-refractivity contribution in [3.05, 3.63) is 107 Å². The van der Waals surface area contributed by atoms with Crippen molar-refractivity contribution in [3.63, 3.8) is 0 Å². The van der Waals surface area contributed by atoms with Crippen molar-refractivity contribution in [3.8, 4) is 0 Å². The van der Waals surface area contributed by atoms with Gasteiger partial charge in [0.15, 0.2) is 9.84 Å². The lowest BCUT2D eigenvalue weighted by Crippen LogP contribution is -2.04. The van der Waals surface area contributed by atoms with Gasteiger partial charge in [-0.1, -0.05) is 48.6 Å². The minimum absolute atomic E-state index is 0.0994. The van der Waals surface area contributed by atoms with Crippen molar-refractivity contribution >= 4 is 28.0 Å². The average molecular weight is 448 g/mol. The van der Waals surface area contributed by atoms with Crippen LogP contribution in [0.25, 0.3) is 12.2 Å². The largest absolute Gasteiger partial charge is 0.463 e. The highest BCUT2D eigenvalue weighted by atomic mass is 32.2. The van der Waals surface area contributed by atoms with Crippen LogP contribution in [0, 0.1) is 0 Å². The van der Waals surface area contributed by atoms with Crippen LogP contribution in [0.3, 0.4) is 0 Å². The maximum absolute atomic E-state index is 12.5. The molecule has 0 aliphatic rings. The lowest BCUT2D eigenvalue weighted by molar-refractivity contribution is -0.137. The van der Waals surface area contributed by atoms with Crippen LogP contribution in [0.15, 0.2) is 90.1 Å². The minimum Gasteiger partial charge on any atom is -0.463 e. The van der Waals surface area contributed by atoms with Gasteiger partial charge in [-0.2, -0.15) is 0 Å². The van der Waals surface area contributed by atoms with E-state index in [0.29, 0.717) is 17.9 Å². The molecule has 0 fully saturated rings. The van der Waals surface area contributed by atoms with Gasteiger partial charge in [0.1, 0.15) is 0 Å². The van der Waals surface area contributed by atoms with Gasteiger partial charge in [-0.15, -0.1) is 0 Å². The third-order valence-electron chi connectivity index (χ3n) is 4.60. The van der Waals surface area contributed by atoms with Crippen molar-refractivity contribution in [2.24, 2.45) is 0 Å². The zero-order valence-electron chi connectivity index (χ0n) is 17.8. The summed E-state index contributed by atoms with van der Waals surface area (Å²) in [5, 5.41) is 0. The van der Waals surface area contributed by atoms with Crippen LogP contribution in [-0.4, -0.2) is 31.7 Å². The Hall–Kier alpha value is -3.51. The smallest absolute Gasteiger partial charge is 0.330 e. The van der Waals surface area contributed by atoms with Gasteiger partial charge in [-0.05, 0) is 65.9 Å². The first-order chi connectivity index (χ1) is 15.5. The summed E-state index contributed by atoms with van der Waals surface area (Å²) in [5.74, 6) is -0.506. The van der Waals surface area contributed by atoms with Crippen LogP contribution < -0.4 is 0 Å². The molecule has 0 spiro atoms. The fraction of sp³-hybridized carbons (Fsp3) is 0.154. The van der Waals surface area contributed by atoms with Crippen molar-refractivity contribution < 1.29 is 17.9 Å². The highest BCUT2D eigenvalue weighted by Gasteiger charge is 2.11. The molecule has 0 saturated carbocycles. The van der Waals surface area contributed by atoms with E-state index in [-0.39, 0.29) is 5.75 Å². The predicted molar refractivity (Wildman–Crippen MR) is 127 cm³/mol. The Kier molecular flexibility index (Phi) is 8.11. The molecule has 0 bridgehead atoms. The summed E-state index contributed by atoms with van der Waals surface area (Å²) in [6, 6.07) is 18.2. The lowest BCUT2D eigenvalue weighted by Gasteiger charge is -2.06. The molecule has 3 aromatic rings. The molecule has 1 aromatic heterocycles. The van der Waals surface area contributed by atoms with Crippen molar-refractivity contribution in [2.45, 2.75) is 18.2 Å². The Morgan fingerprint density at radius 2 is 1.72 bits per heavy atom. The van der Waals surface area contributed by atoms with Gasteiger partial charge in [0, 0.05) is 18.5 Å². The van der Waals surface area contributed by atoms with E-state index >= 15 is 0 Å². The number of nitrogens with zero attached hydrogens (tertiary/aromatic N) is 1. The molecular weight excluding hydrogens is 422 g/mol. The number of aromatic nitrogens is 1. The van der Waals surface area contributed by atoms with Crippen molar-refractivity contribution in [1.29, 1.82) is 0 Å². The molecule has 0 aliphatic carbocycles. The molecule has 0 atom stereocenters. The fourth-order valence-electron chi connectivity index (χ4n) is 3.17. The van der Waals surface area contributed by atoms with E-state index in [9.17, 15) is 13.2 Å². The Morgan fingerprint density at radius 1 is 0.969 bits per heavy atom. The second-order valence-corrected chi connectivity index (χ2v) is 9.16. The van der Waals surface area contributed by atoms with E-state index in [0.717, 1.165) is 22.3 Å². The summed E-state index contributed by atoms with van der Waals surface area (Å²) in [6.07, 6.45) is 10.7. The van der Waals surface area contributed by atoms with E-state index in [1.54, 1.807) is 61.7 Å². The number of benzene rings is 2. The van der Waals surface area contributed by atoms with E-state index in [1.807, 2.05) is 36.5 Å². The Morgan fingerprint density at radius 3 is 2.41 bits per heavy atom. The third-order valence-corrected chi connectivity index (χ3v) is 6.22. The molecule has 164 valence electrons. The molecule has 6 heteroatoms. The minimum atomic E-state index is -3.40. The lowest BCUT2D eigenvalue weighted by atomic mass is 10.00. The molecule has 0 radical (unpaired) electrons. The number of carbonyl (C=O) groups is 1. The van der Waals surface area contributed by atoms with Crippen LogP contribution in [0.1, 0.15) is 29.2 Å². The van der Waals surface area contributed by atoms with Crippen LogP contribution in [0.4, 0.5) is 0 Å². The summed E-state index contributed by atoms with van der Waals surface area (Å²) >= 11 is 0. The highest BCUT2D eigenvalue weighted by molar-refractivity contribution is 7.91. The van der Waals surface area contributed by atoms with Crippen molar-refractivity contribution in [2.75, 3.05) is 12.4 Å². The predicted octanol–water partition coefficient (Wildman–Crippen LogP) is 4.74. The summed E-state index contributed by atoms with van der Waals surface area (Å²) < 4.78 is 30.0. The molecule has 1 heterocycles. The molecule has 3 rings (SSSR count). The molecule has 0 unspecified atom stereocenters. The average Bonchev–Trinajstić information content (AvgIpc) is 2.79. The Bertz CT molecular complexity index is 1200. The molecular formula is C26H25NO4S. The molecule has 2 aromatic carbocycles. The normalized spacial score (nSPS) is 11.8. The summed E-state index contributed by atoms with van der Waals surface area (Å²) in [7, 11) is -3.40. The first-order valence-electron chi connectivity index (χ1n) is 10.3. The number of carbonyl (C=O) groups excluding carboxylic acids is 1. The zero-order chi connectivity index (χ0) is 22.8. The third kappa shape index (κ3) is 7.03. The number of pyridine rings is 1. The molecule has 0 aliphatic heterocycles. The SMILES string of the molecule is CCOC(=O)/C=C/c1cc(/C=C/CS(=O)(=O)c2ccccc2)cc(Cc2cccnc2)c1. The number of rotatable bonds is 9. The monoisotopic (exact) mass is 447 g/mol. The van der Waals surface area contributed by atoms with Crippen molar-refractivity contribution in [1.82, 2.24) is 4.98 Å². The van der Waals surface area contributed by atoms with Gasteiger partial charge in [-0.3, -0.25) is 4.98 Å². The van der Waals surface area contributed by atoms with E-state index in [2.05, 4.69) is 4.98 Å². The van der Waals surface area contributed by atoms with Gasteiger partial charge >= 0.3 is 5.97 Å². The molecule has 0 N–H and O–H groups in total. The van der Waals surface area contributed by atoms with Crippen LogP contribution in [0.5, 0.6) is 0 Å². The second-order valence-electron chi connectivity index (χ2n) is 7.13. The molecule has 32 heavy (non-hydrogen) atoms. The van der Waals surface area contributed by atoms with Gasteiger partial charge in [0.05, 0.1) is 17.3 Å². The van der Waals surface area contributed by atoms with Gasteiger partial charge in [0.2, 0.25) is 0 Å². The van der Waals surface area contributed by atoms with Gasteiger partial charge < -0.3 is 4.74 Å². The van der Waals surface area contributed by atoms with E-state index in [1.165, 1.54) is 6.08 Å². The topological polar surface area (TPSA) is 73.3 Å². The molecule has 0 saturated heterocycles. The first kappa shape index (κ1) is 23.2. The second kappa shape index (κ2) is 11.2. The maximum Gasteiger partial charge on any atom is 0.330 e.